The van der Waals surface area contributed by atoms with Gasteiger partial charge in [0, 0.05) is 16.6 Å². The predicted octanol–water partition coefficient (Wildman–Crippen LogP) is 5.08. The van der Waals surface area contributed by atoms with E-state index in [-0.39, 0.29) is 24.8 Å². The summed E-state index contributed by atoms with van der Waals surface area (Å²) in [7, 11) is -4.10. The van der Waals surface area contributed by atoms with Crippen molar-refractivity contribution in [2.75, 3.05) is 12.3 Å². The van der Waals surface area contributed by atoms with Crippen LogP contribution in [0.3, 0.4) is 0 Å². The Morgan fingerprint density at radius 2 is 1.75 bits per heavy atom. The van der Waals surface area contributed by atoms with E-state index in [2.05, 4.69) is 0 Å². The molecule has 4 rings (SSSR count). The number of morpholine rings is 1. The number of rotatable bonds is 8. The molecule has 0 bridgehead atoms. The van der Waals surface area contributed by atoms with Crippen molar-refractivity contribution in [2.45, 2.75) is 43.9 Å². The average molecular weight is 498 g/mol. The zero-order chi connectivity index (χ0) is 22.9. The Morgan fingerprint density at radius 3 is 2.38 bits per heavy atom. The average Bonchev–Trinajstić information content (AvgIpc) is 3.55. The third-order valence-corrected chi connectivity index (χ3v) is 7.19. The first kappa shape index (κ1) is 23.5. The maximum absolute atomic E-state index is 13.5. The van der Waals surface area contributed by atoms with Gasteiger partial charge in [0.2, 0.25) is 0 Å². The quantitative estimate of drug-likeness (QED) is 0.513. The van der Waals surface area contributed by atoms with Gasteiger partial charge in [-0.1, -0.05) is 47.5 Å². The number of halogens is 2. The van der Waals surface area contributed by atoms with Gasteiger partial charge in [0.1, 0.15) is 12.2 Å². The van der Waals surface area contributed by atoms with Crippen LogP contribution in [0.15, 0.2) is 48.5 Å². The molecule has 0 radical (unpaired) electrons. The summed E-state index contributed by atoms with van der Waals surface area (Å²) in [5, 5.41) is 1.17. The van der Waals surface area contributed by atoms with Crippen molar-refractivity contribution < 1.29 is 22.5 Å². The molecule has 1 aliphatic carbocycles. The Morgan fingerprint density at radius 1 is 1.03 bits per heavy atom. The van der Waals surface area contributed by atoms with Gasteiger partial charge in [-0.15, -0.1) is 0 Å². The fourth-order valence-electron chi connectivity index (χ4n) is 4.18. The number of nitrogens with zero attached hydrogens (tertiary/aromatic N) is 1. The molecule has 172 valence electrons. The Bertz CT molecular complexity index is 1070. The summed E-state index contributed by atoms with van der Waals surface area (Å²) in [6.07, 6.45) is 1.19. The van der Waals surface area contributed by atoms with Crippen molar-refractivity contribution >= 4 is 39.2 Å². The van der Waals surface area contributed by atoms with Crippen molar-refractivity contribution in [2.24, 2.45) is 5.92 Å². The van der Waals surface area contributed by atoms with E-state index in [1.807, 2.05) is 35.2 Å². The molecule has 3 atom stereocenters. The molecule has 1 N–H and O–H groups in total. The summed E-state index contributed by atoms with van der Waals surface area (Å²) in [5.41, 5.74) is 1.75. The highest BCUT2D eigenvalue weighted by Crippen LogP contribution is 2.45. The lowest BCUT2D eigenvalue weighted by Crippen LogP contribution is -2.51. The summed E-state index contributed by atoms with van der Waals surface area (Å²) in [6.45, 7) is 0.612. The van der Waals surface area contributed by atoms with Crippen molar-refractivity contribution in [3.63, 3.8) is 0 Å². The van der Waals surface area contributed by atoms with Crippen molar-refractivity contribution in [1.29, 1.82) is 0 Å². The molecule has 2 aliphatic rings. The molecule has 2 fully saturated rings. The highest BCUT2D eigenvalue weighted by molar-refractivity contribution is 7.85. The molecule has 0 unspecified atom stereocenters. The molecular weight excluding hydrogens is 473 g/mol. The lowest BCUT2D eigenvalue weighted by Gasteiger charge is -2.45. The minimum Gasteiger partial charge on any atom is -0.358 e. The zero-order valence-corrected chi connectivity index (χ0v) is 19.7. The minimum absolute atomic E-state index is 0.125. The third-order valence-electron chi connectivity index (χ3n) is 5.90. The van der Waals surface area contributed by atoms with E-state index in [0.29, 0.717) is 22.5 Å². The Balaban J connectivity index is 1.70. The van der Waals surface area contributed by atoms with Gasteiger partial charge in [0.15, 0.2) is 0 Å². The van der Waals surface area contributed by atoms with Crippen LogP contribution in [0, 0.1) is 5.92 Å². The molecule has 2 aromatic rings. The number of carbonyl (C=O) groups excluding carboxylic acids is 1. The molecule has 1 amide bonds. The highest BCUT2D eigenvalue weighted by atomic mass is 35.5. The van der Waals surface area contributed by atoms with Gasteiger partial charge >= 0.3 is 0 Å². The first-order valence-corrected chi connectivity index (χ1v) is 13.0. The van der Waals surface area contributed by atoms with Crippen molar-refractivity contribution in [3.8, 4) is 0 Å². The van der Waals surface area contributed by atoms with Gasteiger partial charge < -0.3 is 9.64 Å². The van der Waals surface area contributed by atoms with Crippen LogP contribution >= 0.6 is 23.2 Å². The van der Waals surface area contributed by atoms with Crippen molar-refractivity contribution in [1.82, 2.24) is 4.90 Å². The molecule has 0 spiro atoms. The summed E-state index contributed by atoms with van der Waals surface area (Å²) in [5.74, 6) is -0.124. The lowest BCUT2D eigenvalue weighted by molar-refractivity contribution is -0.175. The van der Waals surface area contributed by atoms with Crippen LogP contribution in [0.4, 0.5) is 0 Å². The standard InChI is InChI=1S/C23H25Cl2NO5S/c24-18-10-8-16(9-11-18)21-22(17-3-1-4-19(25)13-17)31-20(5-2-12-32(28,29)30)23(27)26(21)14-15-6-7-15/h1,3-4,8-11,13,15,20-22H,2,5-7,12,14H2,(H,28,29,30)/t20-,21+,22-/m0/s1. The second-order valence-electron chi connectivity index (χ2n) is 8.46. The molecule has 0 aromatic heterocycles. The largest absolute Gasteiger partial charge is 0.358 e. The second kappa shape index (κ2) is 9.69. The molecule has 2 aromatic carbocycles. The van der Waals surface area contributed by atoms with E-state index in [0.717, 1.165) is 24.0 Å². The fourth-order valence-corrected chi connectivity index (χ4v) is 5.04. The number of hydrogen-bond acceptors (Lipinski definition) is 4. The number of amides is 1. The fraction of sp³-hybridized carbons (Fsp3) is 0.435. The molecule has 32 heavy (non-hydrogen) atoms. The topological polar surface area (TPSA) is 83.9 Å². The van der Waals surface area contributed by atoms with Crippen LogP contribution in [0.5, 0.6) is 0 Å². The SMILES string of the molecule is O=C1[C@H](CCCS(=O)(=O)O)O[C@@H](c2cccc(Cl)c2)[C@@H](c2ccc(Cl)cc2)N1CC1CC1. The minimum atomic E-state index is -4.10. The van der Waals surface area contributed by atoms with E-state index >= 15 is 0 Å². The van der Waals surface area contributed by atoms with Gasteiger partial charge in [0.05, 0.1) is 11.8 Å². The monoisotopic (exact) mass is 497 g/mol. The number of carbonyl (C=O) groups is 1. The Kier molecular flexibility index (Phi) is 7.12. The predicted molar refractivity (Wildman–Crippen MR) is 123 cm³/mol. The molecule has 1 heterocycles. The molecular formula is C23H25Cl2NO5S. The van der Waals surface area contributed by atoms with Gasteiger partial charge in [-0.05, 0) is 67.0 Å². The molecule has 1 aliphatic heterocycles. The smallest absolute Gasteiger partial charge is 0.264 e. The van der Waals surface area contributed by atoms with E-state index in [1.54, 1.807) is 18.2 Å². The van der Waals surface area contributed by atoms with Gasteiger partial charge in [-0.3, -0.25) is 9.35 Å². The first-order valence-electron chi connectivity index (χ1n) is 10.6. The maximum Gasteiger partial charge on any atom is 0.264 e. The Labute approximate surface area is 198 Å². The van der Waals surface area contributed by atoms with Gasteiger partial charge in [-0.2, -0.15) is 8.42 Å². The highest BCUT2D eigenvalue weighted by Gasteiger charge is 2.45. The second-order valence-corrected chi connectivity index (χ2v) is 10.9. The van der Waals surface area contributed by atoms with Crippen LogP contribution in [0.2, 0.25) is 10.0 Å². The maximum atomic E-state index is 13.5. The van der Waals surface area contributed by atoms with Crippen molar-refractivity contribution in [3.05, 3.63) is 69.7 Å². The first-order chi connectivity index (χ1) is 15.2. The Hall–Kier alpha value is -1.64. The van der Waals surface area contributed by atoms with Crippen LogP contribution < -0.4 is 0 Å². The molecule has 6 nitrogen and oxygen atoms in total. The molecule has 1 saturated heterocycles. The normalized spacial score (nSPS) is 24.0. The van der Waals surface area contributed by atoms with Gasteiger partial charge in [-0.25, -0.2) is 0 Å². The zero-order valence-electron chi connectivity index (χ0n) is 17.4. The summed E-state index contributed by atoms with van der Waals surface area (Å²) >= 11 is 12.4. The van der Waals surface area contributed by atoms with E-state index in [9.17, 15) is 13.2 Å². The van der Waals surface area contributed by atoms with Crippen LogP contribution in [-0.2, 0) is 19.6 Å². The third kappa shape index (κ3) is 5.83. The summed E-state index contributed by atoms with van der Waals surface area (Å²) in [6, 6.07) is 14.4. The van der Waals surface area contributed by atoms with Crippen LogP contribution in [0.25, 0.3) is 0 Å². The van der Waals surface area contributed by atoms with Crippen LogP contribution in [0.1, 0.15) is 49.0 Å². The summed E-state index contributed by atoms with van der Waals surface area (Å²) in [4.78, 5) is 15.3. The molecule has 9 heteroatoms. The summed E-state index contributed by atoms with van der Waals surface area (Å²) < 4.78 is 37.7. The molecule has 1 saturated carbocycles. The van der Waals surface area contributed by atoms with E-state index < -0.39 is 28.1 Å². The van der Waals surface area contributed by atoms with E-state index in [4.69, 9.17) is 32.5 Å². The number of ether oxygens (including phenoxy) is 1. The number of hydrogen-bond donors (Lipinski definition) is 1. The lowest BCUT2D eigenvalue weighted by atomic mass is 9.90. The number of benzene rings is 2. The van der Waals surface area contributed by atoms with Crippen LogP contribution in [-0.4, -0.2) is 42.2 Å². The van der Waals surface area contributed by atoms with Gasteiger partial charge in [0.25, 0.3) is 16.0 Å². The van der Waals surface area contributed by atoms with E-state index in [1.165, 1.54) is 0 Å².